The van der Waals surface area contributed by atoms with Crippen molar-refractivity contribution in [3.05, 3.63) is 16.1 Å². The summed E-state index contributed by atoms with van der Waals surface area (Å²) in [5, 5.41) is 22.7. The first-order valence-corrected chi connectivity index (χ1v) is 6.08. The van der Waals surface area contributed by atoms with Crippen molar-refractivity contribution in [3.63, 3.8) is 0 Å². The molecule has 0 saturated carbocycles. The van der Waals surface area contributed by atoms with E-state index in [2.05, 4.69) is 21.2 Å². The van der Waals surface area contributed by atoms with E-state index in [1.54, 1.807) is 13.1 Å². The predicted octanol–water partition coefficient (Wildman–Crippen LogP) is 1.18. The van der Waals surface area contributed by atoms with Crippen LogP contribution in [-0.2, 0) is 0 Å². The molecule has 0 aromatic heterocycles. The molecule has 94 valence electrons. The number of aliphatic hydroxyl groups is 1. The first kappa shape index (κ1) is 12.5. The number of rotatable bonds is 3. The molecule has 0 bridgehead atoms. The van der Waals surface area contributed by atoms with Crippen LogP contribution in [0.4, 0.5) is 0 Å². The number of likely N-dealkylation sites (N-methyl/N-ethyl adjacent to an activating group) is 1. The maximum atomic E-state index is 9.98. The Morgan fingerprint density at radius 1 is 1.47 bits per heavy atom. The lowest BCUT2D eigenvalue weighted by molar-refractivity contribution is 0.160. The van der Waals surface area contributed by atoms with Gasteiger partial charge in [-0.1, -0.05) is 0 Å². The number of phenolic OH excluding ortho intramolecular Hbond substituents is 1. The number of hydrogen-bond acceptors (Lipinski definition) is 5. The van der Waals surface area contributed by atoms with Gasteiger partial charge in [0.1, 0.15) is 23.4 Å². The van der Waals surface area contributed by atoms with E-state index >= 15 is 0 Å². The molecule has 1 aliphatic heterocycles. The van der Waals surface area contributed by atoms with Crippen molar-refractivity contribution in [2.24, 2.45) is 0 Å². The fraction of sp³-hybridized carbons (Fsp3) is 0.455. The van der Waals surface area contributed by atoms with Gasteiger partial charge >= 0.3 is 0 Å². The highest BCUT2D eigenvalue weighted by Gasteiger charge is 2.24. The van der Waals surface area contributed by atoms with Gasteiger partial charge in [0.25, 0.3) is 0 Å². The molecule has 1 atom stereocenters. The summed E-state index contributed by atoms with van der Waals surface area (Å²) in [6.07, 6.45) is -0.799. The average molecular weight is 304 g/mol. The molecule has 5 nitrogen and oxygen atoms in total. The van der Waals surface area contributed by atoms with Gasteiger partial charge in [0.15, 0.2) is 11.5 Å². The number of fused-ring (bicyclic) bond motifs is 1. The Labute approximate surface area is 107 Å². The number of hydrogen-bond donors (Lipinski definition) is 3. The molecule has 1 aliphatic rings. The van der Waals surface area contributed by atoms with Crippen LogP contribution in [0.1, 0.15) is 11.7 Å². The van der Waals surface area contributed by atoms with E-state index in [1.165, 1.54) is 0 Å². The van der Waals surface area contributed by atoms with Crippen LogP contribution in [0, 0.1) is 0 Å². The zero-order valence-electron chi connectivity index (χ0n) is 9.36. The molecule has 0 radical (unpaired) electrons. The minimum atomic E-state index is -0.799. The van der Waals surface area contributed by atoms with Crippen LogP contribution >= 0.6 is 15.9 Å². The fourth-order valence-electron chi connectivity index (χ4n) is 1.71. The van der Waals surface area contributed by atoms with Crippen LogP contribution in [-0.4, -0.2) is 37.0 Å². The summed E-state index contributed by atoms with van der Waals surface area (Å²) in [6, 6.07) is 1.61. The number of ether oxygens (including phenoxy) is 2. The molecule has 0 spiro atoms. The van der Waals surface area contributed by atoms with Crippen molar-refractivity contribution in [2.45, 2.75) is 6.10 Å². The third-order valence-electron chi connectivity index (χ3n) is 2.53. The standard InChI is InChI=1S/C11H14BrNO4/c1-13-5-7(14)6-4-8-11(9(12)10(6)15)17-3-2-16-8/h4,7,13-15H,2-3,5H2,1H3. The summed E-state index contributed by atoms with van der Waals surface area (Å²) in [5.41, 5.74) is 0.412. The summed E-state index contributed by atoms with van der Waals surface area (Å²) < 4.78 is 11.2. The molecule has 3 N–H and O–H groups in total. The molecule has 1 aromatic carbocycles. The number of halogens is 1. The maximum Gasteiger partial charge on any atom is 0.179 e. The van der Waals surface area contributed by atoms with E-state index < -0.39 is 6.10 Å². The van der Waals surface area contributed by atoms with Crippen molar-refractivity contribution in [3.8, 4) is 17.2 Å². The monoisotopic (exact) mass is 303 g/mol. The Balaban J connectivity index is 2.43. The highest BCUT2D eigenvalue weighted by Crippen LogP contribution is 2.46. The molecular formula is C11H14BrNO4. The molecule has 0 amide bonds. The van der Waals surface area contributed by atoms with E-state index in [0.717, 1.165) is 0 Å². The van der Waals surface area contributed by atoms with Crippen molar-refractivity contribution < 1.29 is 19.7 Å². The minimum Gasteiger partial charge on any atom is -0.506 e. The van der Waals surface area contributed by atoms with Crippen LogP contribution in [0.2, 0.25) is 0 Å². The minimum absolute atomic E-state index is 0.0167. The first-order valence-electron chi connectivity index (χ1n) is 5.28. The van der Waals surface area contributed by atoms with E-state index in [-0.39, 0.29) is 5.75 Å². The van der Waals surface area contributed by atoms with Gasteiger partial charge in [-0.3, -0.25) is 0 Å². The zero-order chi connectivity index (χ0) is 12.4. The lowest BCUT2D eigenvalue weighted by Crippen LogP contribution is -2.19. The van der Waals surface area contributed by atoms with Gasteiger partial charge in [0.2, 0.25) is 0 Å². The van der Waals surface area contributed by atoms with Crippen molar-refractivity contribution >= 4 is 15.9 Å². The molecule has 1 unspecified atom stereocenters. The zero-order valence-corrected chi connectivity index (χ0v) is 11.0. The van der Waals surface area contributed by atoms with Crippen LogP contribution in [0.25, 0.3) is 0 Å². The normalized spacial score (nSPS) is 15.7. The summed E-state index contributed by atoms with van der Waals surface area (Å²) in [7, 11) is 1.73. The Hall–Kier alpha value is -0.980. The lowest BCUT2D eigenvalue weighted by Gasteiger charge is -2.23. The topological polar surface area (TPSA) is 71.0 Å². The quantitative estimate of drug-likeness (QED) is 0.782. The maximum absolute atomic E-state index is 9.98. The summed E-state index contributed by atoms with van der Waals surface area (Å²) in [5.74, 6) is 0.997. The molecule has 2 rings (SSSR count). The molecule has 1 aromatic rings. The SMILES string of the molecule is CNCC(O)c1cc2c(c(Br)c1O)OCCO2. The van der Waals surface area contributed by atoms with Gasteiger partial charge < -0.3 is 25.0 Å². The molecule has 1 heterocycles. The van der Waals surface area contributed by atoms with Crippen LogP contribution in [0.15, 0.2) is 10.5 Å². The van der Waals surface area contributed by atoms with Gasteiger partial charge in [-0.05, 0) is 29.0 Å². The first-order chi connectivity index (χ1) is 8.15. The molecule has 6 heteroatoms. The van der Waals surface area contributed by atoms with Crippen molar-refractivity contribution in [1.29, 1.82) is 0 Å². The molecule has 0 aliphatic carbocycles. The number of nitrogens with one attached hydrogen (secondary N) is 1. The summed E-state index contributed by atoms with van der Waals surface area (Å²) in [6.45, 7) is 1.26. The van der Waals surface area contributed by atoms with E-state index in [1.807, 2.05) is 0 Å². The molecule has 0 saturated heterocycles. The molecule has 0 fully saturated rings. The Morgan fingerprint density at radius 2 is 2.18 bits per heavy atom. The van der Waals surface area contributed by atoms with Crippen LogP contribution in [0.3, 0.4) is 0 Å². The number of phenols is 1. The van der Waals surface area contributed by atoms with E-state index in [4.69, 9.17) is 9.47 Å². The highest BCUT2D eigenvalue weighted by molar-refractivity contribution is 9.10. The molecular weight excluding hydrogens is 290 g/mol. The van der Waals surface area contributed by atoms with Gasteiger partial charge in [0.05, 0.1) is 6.10 Å². The second-order valence-corrected chi connectivity index (χ2v) is 4.52. The highest BCUT2D eigenvalue weighted by atomic mass is 79.9. The van der Waals surface area contributed by atoms with E-state index in [0.29, 0.717) is 41.3 Å². The second-order valence-electron chi connectivity index (χ2n) is 3.73. The fourth-order valence-corrected chi connectivity index (χ4v) is 2.25. The lowest BCUT2D eigenvalue weighted by atomic mass is 10.1. The van der Waals surface area contributed by atoms with Gasteiger partial charge in [-0.2, -0.15) is 0 Å². The van der Waals surface area contributed by atoms with Crippen molar-refractivity contribution in [1.82, 2.24) is 5.32 Å². The molecule has 17 heavy (non-hydrogen) atoms. The van der Waals surface area contributed by atoms with Crippen LogP contribution in [0.5, 0.6) is 17.2 Å². The van der Waals surface area contributed by atoms with E-state index in [9.17, 15) is 10.2 Å². The Kier molecular flexibility index (Phi) is 3.76. The largest absolute Gasteiger partial charge is 0.506 e. The second kappa shape index (κ2) is 5.12. The average Bonchev–Trinajstić information content (AvgIpc) is 2.34. The van der Waals surface area contributed by atoms with Gasteiger partial charge in [-0.15, -0.1) is 0 Å². The third-order valence-corrected chi connectivity index (χ3v) is 3.27. The smallest absolute Gasteiger partial charge is 0.179 e. The number of aliphatic hydroxyl groups excluding tert-OH is 1. The third kappa shape index (κ3) is 2.34. The summed E-state index contributed by atoms with van der Waals surface area (Å²) >= 11 is 3.25. The van der Waals surface area contributed by atoms with Gasteiger partial charge in [-0.25, -0.2) is 0 Å². The summed E-state index contributed by atoms with van der Waals surface area (Å²) in [4.78, 5) is 0. The van der Waals surface area contributed by atoms with Gasteiger partial charge in [0, 0.05) is 12.1 Å². The Morgan fingerprint density at radius 3 is 2.88 bits per heavy atom. The van der Waals surface area contributed by atoms with Crippen LogP contribution < -0.4 is 14.8 Å². The number of aromatic hydroxyl groups is 1. The van der Waals surface area contributed by atoms with Crippen molar-refractivity contribution in [2.75, 3.05) is 26.8 Å². The number of benzene rings is 1. The Bertz CT molecular complexity index is 424. The predicted molar refractivity (Wildman–Crippen MR) is 65.7 cm³/mol.